The highest BCUT2D eigenvalue weighted by Crippen LogP contribution is 2.13. The van der Waals surface area contributed by atoms with Gasteiger partial charge in [-0.05, 0) is 26.2 Å². The quantitative estimate of drug-likeness (QED) is 0.741. The molecule has 0 fully saturated rings. The van der Waals surface area contributed by atoms with E-state index in [2.05, 4.69) is 48.3 Å². The van der Waals surface area contributed by atoms with Crippen molar-refractivity contribution in [2.75, 3.05) is 17.2 Å². The third kappa shape index (κ3) is 5.84. The highest BCUT2D eigenvalue weighted by atomic mass is 15.1. The molecule has 1 rings (SSSR count). The molecule has 4 heteroatoms. The molecule has 1 aromatic heterocycles. The largest absolute Gasteiger partial charge is 0.370 e. The van der Waals surface area contributed by atoms with Crippen LogP contribution >= 0.6 is 0 Å². The standard InChI is InChI=1S/C14H26N4/c1-5-15-13-9-14(17-10-16-13)18-12(4)8-6-7-11(2)3/h9-12H,5-8H2,1-4H3,(H2,15,16,17,18). The SMILES string of the molecule is CCNc1cc(NC(C)CCCC(C)C)ncn1. The molecule has 0 aliphatic carbocycles. The van der Waals surface area contributed by atoms with Crippen molar-refractivity contribution in [3.8, 4) is 0 Å². The van der Waals surface area contributed by atoms with Crippen LogP contribution in [0.25, 0.3) is 0 Å². The minimum Gasteiger partial charge on any atom is -0.370 e. The molecule has 4 nitrogen and oxygen atoms in total. The summed E-state index contributed by atoms with van der Waals surface area (Å²) in [6.07, 6.45) is 5.33. The minimum atomic E-state index is 0.452. The monoisotopic (exact) mass is 250 g/mol. The first-order valence-electron chi connectivity index (χ1n) is 6.94. The van der Waals surface area contributed by atoms with E-state index in [4.69, 9.17) is 0 Å². The van der Waals surface area contributed by atoms with Crippen molar-refractivity contribution >= 4 is 11.6 Å². The molecule has 102 valence electrons. The van der Waals surface area contributed by atoms with Gasteiger partial charge in [-0.15, -0.1) is 0 Å². The fourth-order valence-electron chi connectivity index (χ4n) is 1.87. The maximum absolute atomic E-state index is 4.24. The van der Waals surface area contributed by atoms with Gasteiger partial charge in [0.15, 0.2) is 0 Å². The van der Waals surface area contributed by atoms with Gasteiger partial charge in [0, 0.05) is 18.7 Å². The highest BCUT2D eigenvalue weighted by Gasteiger charge is 2.04. The number of hydrogen-bond donors (Lipinski definition) is 2. The molecule has 0 spiro atoms. The molecule has 0 amide bonds. The summed E-state index contributed by atoms with van der Waals surface area (Å²) in [5, 5.41) is 6.61. The van der Waals surface area contributed by atoms with Gasteiger partial charge in [-0.3, -0.25) is 0 Å². The molecule has 1 aromatic rings. The number of anilines is 2. The summed E-state index contributed by atoms with van der Waals surface area (Å²) in [5.74, 6) is 2.57. The Morgan fingerprint density at radius 2 is 1.83 bits per heavy atom. The molecular formula is C14H26N4. The van der Waals surface area contributed by atoms with E-state index in [1.807, 2.05) is 6.07 Å². The zero-order valence-corrected chi connectivity index (χ0v) is 12.0. The maximum Gasteiger partial charge on any atom is 0.131 e. The van der Waals surface area contributed by atoms with Crippen LogP contribution in [0.15, 0.2) is 12.4 Å². The Balaban J connectivity index is 2.38. The Morgan fingerprint density at radius 3 is 2.50 bits per heavy atom. The fourth-order valence-corrected chi connectivity index (χ4v) is 1.87. The van der Waals surface area contributed by atoms with Crippen molar-refractivity contribution in [2.24, 2.45) is 5.92 Å². The van der Waals surface area contributed by atoms with E-state index in [1.54, 1.807) is 6.33 Å². The first-order valence-corrected chi connectivity index (χ1v) is 6.94. The predicted molar refractivity (Wildman–Crippen MR) is 78.0 cm³/mol. The smallest absolute Gasteiger partial charge is 0.131 e. The van der Waals surface area contributed by atoms with Crippen LogP contribution in [-0.2, 0) is 0 Å². The summed E-state index contributed by atoms with van der Waals surface area (Å²) in [7, 11) is 0. The third-order valence-corrected chi connectivity index (χ3v) is 2.84. The van der Waals surface area contributed by atoms with Crippen LogP contribution < -0.4 is 10.6 Å². The van der Waals surface area contributed by atoms with Crippen molar-refractivity contribution in [3.05, 3.63) is 12.4 Å². The molecule has 1 unspecified atom stereocenters. The van der Waals surface area contributed by atoms with Gasteiger partial charge in [0.2, 0.25) is 0 Å². The van der Waals surface area contributed by atoms with E-state index in [1.165, 1.54) is 19.3 Å². The molecule has 0 aliphatic heterocycles. The first-order chi connectivity index (χ1) is 8.61. The number of rotatable bonds is 8. The second kappa shape index (κ2) is 7.90. The molecule has 0 radical (unpaired) electrons. The first kappa shape index (κ1) is 14.7. The summed E-state index contributed by atoms with van der Waals surface area (Å²) in [6, 6.07) is 2.41. The lowest BCUT2D eigenvalue weighted by Crippen LogP contribution is -2.16. The average molecular weight is 250 g/mol. The second-order valence-electron chi connectivity index (χ2n) is 5.19. The molecule has 18 heavy (non-hydrogen) atoms. The van der Waals surface area contributed by atoms with Crippen molar-refractivity contribution in [1.29, 1.82) is 0 Å². The Morgan fingerprint density at radius 1 is 1.11 bits per heavy atom. The number of aromatic nitrogens is 2. The zero-order chi connectivity index (χ0) is 13.4. The van der Waals surface area contributed by atoms with E-state index in [9.17, 15) is 0 Å². The minimum absolute atomic E-state index is 0.452. The van der Waals surface area contributed by atoms with Gasteiger partial charge < -0.3 is 10.6 Å². The molecule has 1 heterocycles. The summed E-state index contributed by atoms with van der Waals surface area (Å²) in [6.45, 7) is 9.68. The van der Waals surface area contributed by atoms with Crippen LogP contribution in [0.3, 0.4) is 0 Å². The van der Waals surface area contributed by atoms with Gasteiger partial charge in [-0.1, -0.05) is 26.7 Å². The maximum atomic E-state index is 4.24. The van der Waals surface area contributed by atoms with Crippen LogP contribution in [0, 0.1) is 5.92 Å². The van der Waals surface area contributed by atoms with Gasteiger partial charge in [-0.2, -0.15) is 0 Å². The molecule has 2 N–H and O–H groups in total. The van der Waals surface area contributed by atoms with Gasteiger partial charge in [0.1, 0.15) is 18.0 Å². The van der Waals surface area contributed by atoms with E-state index in [0.29, 0.717) is 6.04 Å². The lowest BCUT2D eigenvalue weighted by molar-refractivity contribution is 0.520. The van der Waals surface area contributed by atoms with Gasteiger partial charge >= 0.3 is 0 Å². The molecule has 0 saturated carbocycles. The van der Waals surface area contributed by atoms with E-state index in [0.717, 1.165) is 24.1 Å². The predicted octanol–water partition coefficient (Wildman–Crippen LogP) is 3.54. The van der Waals surface area contributed by atoms with E-state index in [-0.39, 0.29) is 0 Å². The van der Waals surface area contributed by atoms with Crippen LogP contribution in [0.5, 0.6) is 0 Å². The molecule has 0 saturated heterocycles. The number of nitrogens with zero attached hydrogens (tertiary/aromatic N) is 2. The van der Waals surface area contributed by atoms with Crippen LogP contribution in [0.2, 0.25) is 0 Å². The van der Waals surface area contributed by atoms with Crippen LogP contribution in [0.1, 0.15) is 47.0 Å². The summed E-state index contributed by atoms with van der Waals surface area (Å²) < 4.78 is 0. The average Bonchev–Trinajstić information content (AvgIpc) is 2.29. The van der Waals surface area contributed by atoms with Gasteiger partial charge in [0.25, 0.3) is 0 Å². The van der Waals surface area contributed by atoms with Crippen LogP contribution in [-0.4, -0.2) is 22.6 Å². The van der Waals surface area contributed by atoms with E-state index < -0.39 is 0 Å². The van der Waals surface area contributed by atoms with Crippen molar-refractivity contribution in [1.82, 2.24) is 9.97 Å². The Hall–Kier alpha value is -1.32. The second-order valence-corrected chi connectivity index (χ2v) is 5.19. The Kier molecular flexibility index (Phi) is 6.47. The molecule has 0 bridgehead atoms. The number of nitrogens with one attached hydrogen (secondary N) is 2. The highest BCUT2D eigenvalue weighted by molar-refractivity contribution is 5.46. The van der Waals surface area contributed by atoms with Crippen molar-refractivity contribution in [2.45, 2.75) is 53.0 Å². The summed E-state index contributed by atoms with van der Waals surface area (Å²) in [4.78, 5) is 8.40. The molecule has 1 atom stereocenters. The lowest BCUT2D eigenvalue weighted by atomic mass is 10.0. The number of hydrogen-bond acceptors (Lipinski definition) is 4. The summed E-state index contributed by atoms with van der Waals surface area (Å²) in [5.41, 5.74) is 0. The van der Waals surface area contributed by atoms with Crippen molar-refractivity contribution < 1.29 is 0 Å². The van der Waals surface area contributed by atoms with Gasteiger partial charge in [-0.25, -0.2) is 9.97 Å². The van der Waals surface area contributed by atoms with Crippen LogP contribution in [0.4, 0.5) is 11.6 Å². The third-order valence-electron chi connectivity index (χ3n) is 2.84. The zero-order valence-electron chi connectivity index (χ0n) is 12.0. The van der Waals surface area contributed by atoms with Gasteiger partial charge in [0.05, 0.1) is 0 Å². The van der Waals surface area contributed by atoms with Crippen molar-refractivity contribution in [3.63, 3.8) is 0 Å². The summed E-state index contributed by atoms with van der Waals surface area (Å²) >= 11 is 0. The Labute approximate surface area is 111 Å². The lowest BCUT2D eigenvalue weighted by Gasteiger charge is -2.15. The molecule has 0 aliphatic rings. The molecular weight excluding hydrogens is 224 g/mol. The van der Waals surface area contributed by atoms with E-state index >= 15 is 0 Å². The fraction of sp³-hybridized carbons (Fsp3) is 0.714. The molecule has 0 aromatic carbocycles. The normalized spacial score (nSPS) is 12.5. The topological polar surface area (TPSA) is 49.8 Å². The Bertz CT molecular complexity index is 338.